The average Bonchev–Trinajstić information content (AvgIpc) is 2.33. The Labute approximate surface area is 103 Å². The number of hydrogen-bond acceptors (Lipinski definition) is 1. The van der Waals surface area contributed by atoms with E-state index >= 15 is 0 Å². The largest absolute Gasteiger partial charge is 0.405 e. The monoisotopic (exact) mass is 260 g/mol. The lowest BCUT2D eigenvalue weighted by molar-refractivity contribution is -0.122. The SMILES string of the molecule is CCC(NC(=O)NCC(F)(F)F)c1ccccc1. The van der Waals surface area contributed by atoms with Gasteiger partial charge in [0.1, 0.15) is 6.54 Å². The molecular formula is C12H15F3N2O. The molecule has 1 atom stereocenters. The zero-order chi connectivity index (χ0) is 13.6. The highest BCUT2D eigenvalue weighted by atomic mass is 19.4. The van der Waals surface area contributed by atoms with Crippen LogP contribution in [-0.4, -0.2) is 18.8 Å². The van der Waals surface area contributed by atoms with Gasteiger partial charge in [-0.25, -0.2) is 4.79 Å². The third-order valence-corrected chi connectivity index (χ3v) is 2.36. The molecule has 2 amide bonds. The van der Waals surface area contributed by atoms with Crippen LogP contribution in [0.4, 0.5) is 18.0 Å². The number of rotatable bonds is 4. The van der Waals surface area contributed by atoms with Crippen molar-refractivity contribution >= 4 is 6.03 Å². The zero-order valence-corrected chi connectivity index (χ0v) is 9.92. The third kappa shape index (κ3) is 5.07. The fourth-order valence-corrected chi connectivity index (χ4v) is 1.50. The van der Waals surface area contributed by atoms with Gasteiger partial charge in [-0.1, -0.05) is 37.3 Å². The smallest absolute Gasteiger partial charge is 0.331 e. The van der Waals surface area contributed by atoms with E-state index in [1.807, 2.05) is 37.3 Å². The fraction of sp³-hybridized carbons (Fsp3) is 0.417. The summed E-state index contributed by atoms with van der Waals surface area (Å²) in [4.78, 5) is 11.3. The first kappa shape index (κ1) is 14.3. The molecule has 100 valence electrons. The molecule has 0 fully saturated rings. The lowest BCUT2D eigenvalue weighted by atomic mass is 10.1. The molecule has 0 radical (unpaired) electrons. The molecule has 0 aliphatic carbocycles. The van der Waals surface area contributed by atoms with Gasteiger partial charge in [-0.2, -0.15) is 13.2 Å². The number of amides is 2. The average molecular weight is 260 g/mol. The van der Waals surface area contributed by atoms with Crippen molar-refractivity contribution in [2.24, 2.45) is 0 Å². The van der Waals surface area contributed by atoms with Crippen molar-refractivity contribution in [1.82, 2.24) is 10.6 Å². The minimum atomic E-state index is -4.40. The van der Waals surface area contributed by atoms with Crippen LogP contribution >= 0.6 is 0 Å². The molecule has 0 heterocycles. The van der Waals surface area contributed by atoms with Crippen LogP contribution in [0.25, 0.3) is 0 Å². The van der Waals surface area contributed by atoms with Gasteiger partial charge in [-0.15, -0.1) is 0 Å². The predicted molar refractivity (Wildman–Crippen MR) is 62.1 cm³/mol. The van der Waals surface area contributed by atoms with Crippen molar-refractivity contribution in [3.8, 4) is 0 Å². The van der Waals surface area contributed by atoms with Gasteiger partial charge in [0.2, 0.25) is 0 Å². The van der Waals surface area contributed by atoms with Crippen molar-refractivity contribution in [2.45, 2.75) is 25.6 Å². The Morgan fingerprint density at radius 3 is 2.39 bits per heavy atom. The molecule has 1 unspecified atom stereocenters. The van der Waals surface area contributed by atoms with Gasteiger partial charge < -0.3 is 10.6 Å². The second-order valence-electron chi connectivity index (χ2n) is 3.81. The van der Waals surface area contributed by atoms with E-state index < -0.39 is 18.8 Å². The van der Waals surface area contributed by atoms with E-state index in [9.17, 15) is 18.0 Å². The molecule has 0 saturated carbocycles. The minimum absolute atomic E-state index is 0.292. The summed E-state index contributed by atoms with van der Waals surface area (Å²) in [5, 5.41) is 4.29. The summed E-state index contributed by atoms with van der Waals surface area (Å²) in [7, 11) is 0. The Morgan fingerprint density at radius 2 is 1.89 bits per heavy atom. The van der Waals surface area contributed by atoms with Crippen LogP contribution in [0.5, 0.6) is 0 Å². The molecule has 1 aromatic rings. The third-order valence-electron chi connectivity index (χ3n) is 2.36. The normalized spacial score (nSPS) is 12.9. The van der Waals surface area contributed by atoms with Crippen LogP contribution in [0.15, 0.2) is 30.3 Å². The molecule has 1 rings (SSSR count). The Balaban J connectivity index is 2.51. The first-order valence-electron chi connectivity index (χ1n) is 5.58. The molecular weight excluding hydrogens is 245 g/mol. The van der Waals surface area contributed by atoms with Crippen molar-refractivity contribution in [2.75, 3.05) is 6.54 Å². The number of alkyl halides is 3. The van der Waals surface area contributed by atoms with E-state index in [1.54, 1.807) is 5.32 Å². The highest BCUT2D eigenvalue weighted by Gasteiger charge is 2.28. The summed E-state index contributed by atoms with van der Waals surface area (Å²) in [6, 6.07) is 7.99. The van der Waals surface area contributed by atoms with Crippen LogP contribution in [0.1, 0.15) is 24.9 Å². The van der Waals surface area contributed by atoms with E-state index in [-0.39, 0.29) is 6.04 Å². The Morgan fingerprint density at radius 1 is 1.28 bits per heavy atom. The number of carbonyl (C=O) groups is 1. The maximum Gasteiger partial charge on any atom is 0.405 e. The minimum Gasteiger partial charge on any atom is -0.331 e. The van der Waals surface area contributed by atoms with E-state index in [4.69, 9.17) is 0 Å². The molecule has 0 aliphatic rings. The molecule has 0 spiro atoms. The van der Waals surface area contributed by atoms with Crippen LogP contribution in [0, 0.1) is 0 Å². The van der Waals surface area contributed by atoms with Gasteiger partial charge in [-0.05, 0) is 12.0 Å². The van der Waals surface area contributed by atoms with Gasteiger partial charge in [0.15, 0.2) is 0 Å². The van der Waals surface area contributed by atoms with E-state index in [0.717, 1.165) is 5.56 Å². The Hall–Kier alpha value is -1.72. The van der Waals surface area contributed by atoms with Crippen LogP contribution in [0.3, 0.4) is 0 Å². The number of carbonyl (C=O) groups excluding carboxylic acids is 1. The topological polar surface area (TPSA) is 41.1 Å². The lowest BCUT2D eigenvalue weighted by Crippen LogP contribution is -2.42. The maximum absolute atomic E-state index is 11.9. The Kier molecular flexibility index (Phi) is 5.00. The summed E-state index contributed by atoms with van der Waals surface area (Å²) in [6.07, 6.45) is -3.80. The summed E-state index contributed by atoms with van der Waals surface area (Å²) >= 11 is 0. The predicted octanol–water partition coefficient (Wildman–Crippen LogP) is 3.00. The summed E-state index contributed by atoms with van der Waals surface area (Å²) in [5.41, 5.74) is 0.863. The molecule has 18 heavy (non-hydrogen) atoms. The molecule has 1 aromatic carbocycles. The van der Waals surface area contributed by atoms with Crippen LogP contribution in [0.2, 0.25) is 0 Å². The number of hydrogen-bond donors (Lipinski definition) is 2. The highest BCUT2D eigenvalue weighted by molar-refractivity contribution is 5.74. The van der Waals surface area contributed by atoms with E-state index in [2.05, 4.69) is 5.32 Å². The van der Waals surface area contributed by atoms with E-state index in [1.165, 1.54) is 0 Å². The van der Waals surface area contributed by atoms with Crippen molar-refractivity contribution in [3.05, 3.63) is 35.9 Å². The number of halogens is 3. The molecule has 0 saturated heterocycles. The molecule has 2 N–H and O–H groups in total. The standard InChI is InChI=1S/C12H15F3N2O/c1-2-10(9-6-4-3-5-7-9)17-11(18)16-8-12(13,14)15/h3-7,10H,2,8H2,1H3,(H2,16,17,18). The Bertz CT molecular complexity index is 379. The second-order valence-corrected chi connectivity index (χ2v) is 3.81. The van der Waals surface area contributed by atoms with Gasteiger partial charge >= 0.3 is 12.2 Å². The van der Waals surface area contributed by atoms with Crippen molar-refractivity contribution < 1.29 is 18.0 Å². The van der Waals surface area contributed by atoms with Crippen molar-refractivity contribution in [1.29, 1.82) is 0 Å². The van der Waals surface area contributed by atoms with Crippen molar-refractivity contribution in [3.63, 3.8) is 0 Å². The molecule has 0 aliphatic heterocycles. The van der Waals surface area contributed by atoms with Gasteiger partial charge in [0.25, 0.3) is 0 Å². The number of benzene rings is 1. The fourth-order valence-electron chi connectivity index (χ4n) is 1.50. The summed E-state index contributed by atoms with van der Waals surface area (Å²) in [5.74, 6) is 0. The van der Waals surface area contributed by atoms with Crippen LogP contribution < -0.4 is 10.6 Å². The van der Waals surface area contributed by atoms with Gasteiger partial charge in [0, 0.05) is 0 Å². The second kappa shape index (κ2) is 6.28. The maximum atomic E-state index is 11.9. The zero-order valence-electron chi connectivity index (χ0n) is 9.92. The summed E-state index contributed by atoms with van der Waals surface area (Å²) < 4.78 is 35.7. The lowest BCUT2D eigenvalue weighted by Gasteiger charge is -2.18. The number of nitrogens with one attached hydrogen (secondary N) is 2. The first-order valence-corrected chi connectivity index (χ1v) is 5.58. The number of urea groups is 1. The molecule has 3 nitrogen and oxygen atoms in total. The molecule has 0 aromatic heterocycles. The van der Waals surface area contributed by atoms with Gasteiger partial charge in [0.05, 0.1) is 6.04 Å². The van der Waals surface area contributed by atoms with Gasteiger partial charge in [-0.3, -0.25) is 0 Å². The summed E-state index contributed by atoms with van der Waals surface area (Å²) in [6.45, 7) is 0.520. The van der Waals surface area contributed by atoms with E-state index in [0.29, 0.717) is 6.42 Å². The molecule has 6 heteroatoms. The quantitative estimate of drug-likeness (QED) is 0.858. The van der Waals surface area contributed by atoms with Crippen LogP contribution in [-0.2, 0) is 0 Å². The molecule has 0 bridgehead atoms. The highest BCUT2D eigenvalue weighted by Crippen LogP contribution is 2.16. The first-order chi connectivity index (χ1) is 8.42.